The van der Waals surface area contributed by atoms with E-state index in [4.69, 9.17) is 5.73 Å². The fraction of sp³-hybridized carbons (Fsp3) is 0.538. The minimum Gasteiger partial charge on any atom is -0.322 e. The summed E-state index contributed by atoms with van der Waals surface area (Å²) in [6.45, 7) is 6.43. The highest BCUT2D eigenvalue weighted by Crippen LogP contribution is 2.34. The second-order valence-corrected chi connectivity index (χ2v) is 5.08. The molecule has 1 aromatic carbocycles. The van der Waals surface area contributed by atoms with Gasteiger partial charge in [0.05, 0.1) is 0 Å². The van der Waals surface area contributed by atoms with E-state index in [1.165, 1.54) is 29.5 Å². The highest BCUT2D eigenvalue weighted by atomic mass is 14.7. The van der Waals surface area contributed by atoms with Gasteiger partial charge in [-0.05, 0) is 49.3 Å². The molecule has 0 saturated heterocycles. The van der Waals surface area contributed by atoms with Crippen molar-refractivity contribution in [3.05, 3.63) is 34.9 Å². The van der Waals surface area contributed by atoms with Crippen molar-refractivity contribution in [3.8, 4) is 0 Å². The number of aryl methyl sites for hydroxylation is 1. The van der Waals surface area contributed by atoms with E-state index >= 15 is 0 Å². The Labute approximate surface area is 86.3 Å². The molecule has 1 nitrogen and oxygen atoms in total. The van der Waals surface area contributed by atoms with Crippen LogP contribution in [0.25, 0.3) is 0 Å². The zero-order valence-electron chi connectivity index (χ0n) is 9.30. The lowest BCUT2D eigenvalue weighted by atomic mass is 9.91. The van der Waals surface area contributed by atoms with E-state index < -0.39 is 0 Å². The zero-order valence-corrected chi connectivity index (χ0v) is 9.30. The summed E-state index contributed by atoms with van der Waals surface area (Å²) in [6.07, 6.45) is 2.53. The number of hydrogen-bond acceptors (Lipinski definition) is 1. The van der Waals surface area contributed by atoms with Crippen LogP contribution in [0.15, 0.2) is 18.2 Å². The van der Waals surface area contributed by atoms with Crippen LogP contribution in [0.1, 0.15) is 49.8 Å². The van der Waals surface area contributed by atoms with Crippen LogP contribution in [0.3, 0.4) is 0 Å². The Kier molecular flexibility index (Phi) is 2.15. The number of hydrogen-bond donors (Lipinski definition) is 1. The Bertz CT molecular complexity index is 347. The van der Waals surface area contributed by atoms with Crippen molar-refractivity contribution < 1.29 is 0 Å². The van der Waals surface area contributed by atoms with E-state index in [2.05, 4.69) is 39.0 Å². The maximum atomic E-state index is 6.10. The Balaban J connectivity index is 2.45. The third-order valence-corrected chi connectivity index (χ3v) is 3.27. The molecular formula is C13H19N. The standard InChI is InChI=1S/C13H19N/c1-9-4-5-10-6-7-11(8-12(9)10)13(2,3)14/h6-9H,4-5,14H2,1-3H3. The normalized spacial score (nSPS) is 21.0. The molecular weight excluding hydrogens is 170 g/mol. The van der Waals surface area contributed by atoms with Gasteiger partial charge in [-0.25, -0.2) is 0 Å². The lowest BCUT2D eigenvalue weighted by Crippen LogP contribution is -2.28. The van der Waals surface area contributed by atoms with Crippen LogP contribution >= 0.6 is 0 Å². The molecule has 1 unspecified atom stereocenters. The summed E-state index contributed by atoms with van der Waals surface area (Å²) in [7, 11) is 0. The van der Waals surface area contributed by atoms with Crippen molar-refractivity contribution in [2.75, 3.05) is 0 Å². The van der Waals surface area contributed by atoms with Gasteiger partial charge >= 0.3 is 0 Å². The fourth-order valence-corrected chi connectivity index (χ4v) is 2.21. The molecule has 14 heavy (non-hydrogen) atoms. The molecule has 0 bridgehead atoms. The van der Waals surface area contributed by atoms with Gasteiger partial charge in [-0.3, -0.25) is 0 Å². The van der Waals surface area contributed by atoms with Gasteiger partial charge in [-0.1, -0.05) is 25.1 Å². The van der Waals surface area contributed by atoms with Gasteiger partial charge < -0.3 is 5.73 Å². The van der Waals surface area contributed by atoms with Gasteiger partial charge in [0.1, 0.15) is 0 Å². The summed E-state index contributed by atoms with van der Waals surface area (Å²) in [5.41, 5.74) is 10.2. The van der Waals surface area contributed by atoms with E-state index in [0.717, 1.165) is 0 Å². The minimum atomic E-state index is -0.211. The van der Waals surface area contributed by atoms with Crippen molar-refractivity contribution in [1.29, 1.82) is 0 Å². The Morgan fingerprint density at radius 2 is 2.07 bits per heavy atom. The van der Waals surface area contributed by atoms with Gasteiger partial charge in [-0.15, -0.1) is 0 Å². The molecule has 1 aliphatic rings. The van der Waals surface area contributed by atoms with Gasteiger partial charge in [-0.2, -0.15) is 0 Å². The highest BCUT2D eigenvalue weighted by molar-refractivity contribution is 5.40. The number of benzene rings is 1. The molecule has 2 rings (SSSR count). The van der Waals surface area contributed by atoms with E-state index in [9.17, 15) is 0 Å². The summed E-state index contributed by atoms with van der Waals surface area (Å²) in [4.78, 5) is 0. The van der Waals surface area contributed by atoms with Crippen LogP contribution < -0.4 is 5.73 Å². The lowest BCUT2D eigenvalue weighted by Gasteiger charge is -2.20. The van der Waals surface area contributed by atoms with Crippen molar-refractivity contribution in [2.24, 2.45) is 5.73 Å². The first kappa shape index (κ1) is 9.72. The van der Waals surface area contributed by atoms with Crippen molar-refractivity contribution in [2.45, 2.75) is 45.1 Å². The third kappa shape index (κ3) is 1.57. The second kappa shape index (κ2) is 3.09. The SMILES string of the molecule is CC1CCc2ccc(C(C)(C)N)cc21. The van der Waals surface area contributed by atoms with Crippen LogP contribution in [-0.4, -0.2) is 0 Å². The maximum Gasteiger partial charge on any atom is 0.0352 e. The molecule has 0 heterocycles. The molecule has 1 aromatic rings. The molecule has 0 aromatic heterocycles. The largest absolute Gasteiger partial charge is 0.322 e. The average molecular weight is 189 g/mol. The van der Waals surface area contributed by atoms with Crippen molar-refractivity contribution in [1.82, 2.24) is 0 Å². The zero-order chi connectivity index (χ0) is 10.3. The molecule has 0 fully saturated rings. The third-order valence-electron chi connectivity index (χ3n) is 3.27. The molecule has 0 radical (unpaired) electrons. The Hall–Kier alpha value is -0.820. The molecule has 0 spiro atoms. The number of nitrogens with two attached hydrogens (primary N) is 1. The molecule has 76 valence electrons. The van der Waals surface area contributed by atoms with Crippen LogP contribution in [0.2, 0.25) is 0 Å². The first-order valence-corrected chi connectivity index (χ1v) is 5.40. The topological polar surface area (TPSA) is 26.0 Å². The van der Waals surface area contributed by atoms with Gasteiger partial charge in [0.25, 0.3) is 0 Å². The monoisotopic (exact) mass is 189 g/mol. The second-order valence-electron chi connectivity index (χ2n) is 5.08. The van der Waals surface area contributed by atoms with Crippen molar-refractivity contribution in [3.63, 3.8) is 0 Å². The summed E-state index contributed by atoms with van der Waals surface area (Å²) in [5, 5.41) is 0. The van der Waals surface area contributed by atoms with Crippen LogP contribution in [0, 0.1) is 0 Å². The quantitative estimate of drug-likeness (QED) is 0.722. The molecule has 0 saturated carbocycles. The summed E-state index contributed by atoms with van der Waals surface area (Å²) >= 11 is 0. The van der Waals surface area contributed by atoms with Crippen LogP contribution in [0.4, 0.5) is 0 Å². The molecule has 1 atom stereocenters. The molecule has 1 aliphatic carbocycles. The summed E-state index contributed by atoms with van der Waals surface area (Å²) in [6, 6.07) is 6.73. The maximum absolute atomic E-state index is 6.10. The summed E-state index contributed by atoms with van der Waals surface area (Å²) < 4.78 is 0. The van der Waals surface area contributed by atoms with Gasteiger partial charge in [0.15, 0.2) is 0 Å². The highest BCUT2D eigenvalue weighted by Gasteiger charge is 2.21. The minimum absolute atomic E-state index is 0.211. The number of fused-ring (bicyclic) bond motifs is 1. The van der Waals surface area contributed by atoms with Crippen LogP contribution in [0.5, 0.6) is 0 Å². The lowest BCUT2D eigenvalue weighted by molar-refractivity contribution is 0.553. The fourth-order valence-electron chi connectivity index (χ4n) is 2.21. The van der Waals surface area contributed by atoms with Gasteiger partial charge in [0, 0.05) is 5.54 Å². The first-order chi connectivity index (χ1) is 6.48. The predicted molar refractivity (Wildman–Crippen MR) is 60.4 cm³/mol. The molecule has 2 N–H and O–H groups in total. The Morgan fingerprint density at radius 1 is 1.36 bits per heavy atom. The molecule has 0 amide bonds. The van der Waals surface area contributed by atoms with Crippen LogP contribution in [-0.2, 0) is 12.0 Å². The first-order valence-electron chi connectivity index (χ1n) is 5.40. The van der Waals surface area contributed by atoms with Crippen molar-refractivity contribution >= 4 is 0 Å². The average Bonchev–Trinajstić information content (AvgIpc) is 2.46. The van der Waals surface area contributed by atoms with E-state index in [1.54, 1.807) is 0 Å². The molecule has 1 heteroatoms. The van der Waals surface area contributed by atoms with E-state index in [0.29, 0.717) is 5.92 Å². The van der Waals surface area contributed by atoms with Gasteiger partial charge in [0.2, 0.25) is 0 Å². The molecule has 0 aliphatic heterocycles. The smallest absolute Gasteiger partial charge is 0.0352 e. The Morgan fingerprint density at radius 3 is 2.71 bits per heavy atom. The predicted octanol–water partition coefficient (Wildman–Crippen LogP) is 2.93. The summed E-state index contributed by atoms with van der Waals surface area (Å²) in [5.74, 6) is 0.715. The van der Waals surface area contributed by atoms with E-state index in [1.807, 2.05) is 0 Å². The number of rotatable bonds is 1. The van der Waals surface area contributed by atoms with E-state index in [-0.39, 0.29) is 5.54 Å².